The maximum Gasteiger partial charge on any atom is 0.172 e. The maximum absolute atomic E-state index is 13.3. The summed E-state index contributed by atoms with van der Waals surface area (Å²) in [4.78, 5) is 4.73. The lowest BCUT2D eigenvalue weighted by Gasteiger charge is -2.06. The van der Waals surface area contributed by atoms with E-state index in [4.69, 9.17) is 17.3 Å². The second kappa shape index (κ2) is 4.35. The van der Waals surface area contributed by atoms with Crippen molar-refractivity contribution in [3.05, 3.63) is 35.4 Å². The Morgan fingerprint density at radius 2 is 2.25 bits per heavy atom. The van der Waals surface area contributed by atoms with Crippen molar-refractivity contribution < 1.29 is 4.39 Å². The number of imidazole rings is 1. The Labute approximate surface area is 101 Å². The summed E-state index contributed by atoms with van der Waals surface area (Å²) < 4.78 is 15.1. The Kier molecular flexibility index (Phi) is 3.07. The molecule has 0 aliphatic heterocycles. The van der Waals surface area contributed by atoms with E-state index in [0.29, 0.717) is 10.6 Å². The highest BCUT2D eigenvalue weighted by Gasteiger charge is 2.09. The van der Waals surface area contributed by atoms with E-state index < -0.39 is 5.82 Å². The van der Waals surface area contributed by atoms with Crippen molar-refractivity contribution in [2.45, 2.75) is 10.1 Å². The van der Waals surface area contributed by atoms with Crippen LogP contribution in [0.5, 0.6) is 0 Å². The van der Waals surface area contributed by atoms with Gasteiger partial charge in [0.25, 0.3) is 0 Å². The highest BCUT2D eigenvalue weighted by molar-refractivity contribution is 7.99. The molecule has 0 saturated heterocycles. The van der Waals surface area contributed by atoms with Crippen molar-refractivity contribution in [2.75, 3.05) is 5.73 Å². The van der Waals surface area contributed by atoms with Crippen LogP contribution in [0, 0.1) is 5.82 Å². The van der Waals surface area contributed by atoms with Gasteiger partial charge in [-0.15, -0.1) is 0 Å². The van der Waals surface area contributed by atoms with Crippen molar-refractivity contribution in [3.8, 4) is 0 Å². The van der Waals surface area contributed by atoms with Crippen molar-refractivity contribution in [1.82, 2.24) is 9.55 Å². The minimum atomic E-state index is -0.479. The summed E-state index contributed by atoms with van der Waals surface area (Å²) in [6.07, 6.45) is 3.48. The fourth-order valence-corrected chi connectivity index (χ4v) is 2.21. The molecule has 0 atom stereocenters. The van der Waals surface area contributed by atoms with Gasteiger partial charge in [0.15, 0.2) is 5.16 Å². The van der Waals surface area contributed by atoms with E-state index in [1.807, 2.05) is 17.8 Å². The van der Waals surface area contributed by atoms with Crippen LogP contribution in [0.15, 0.2) is 34.6 Å². The zero-order valence-corrected chi connectivity index (χ0v) is 10.0. The number of nitrogen functional groups attached to an aromatic ring is 1. The summed E-state index contributed by atoms with van der Waals surface area (Å²) in [5, 5.41) is 0.773. The molecule has 0 fully saturated rings. The third kappa shape index (κ3) is 2.15. The van der Waals surface area contributed by atoms with Gasteiger partial charge in [0, 0.05) is 30.0 Å². The third-order valence-corrected chi connectivity index (χ3v) is 3.47. The van der Waals surface area contributed by atoms with Gasteiger partial charge in [-0.3, -0.25) is 0 Å². The number of rotatable bonds is 2. The molecular weight excluding hydrogens is 249 g/mol. The molecule has 16 heavy (non-hydrogen) atoms. The van der Waals surface area contributed by atoms with Gasteiger partial charge >= 0.3 is 0 Å². The SMILES string of the molecule is Cn1ccnc1Sc1cc(F)c(Cl)cc1N. The Hall–Kier alpha value is -1.20. The lowest BCUT2D eigenvalue weighted by Crippen LogP contribution is -1.93. The van der Waals surface area contributed by atoms with E-state index in [2.05, 4.69) is 4.98 Å². The number of aromatic nitrogens is 2. The number of benzene rings is 1. The first-order valence-corrected chi connectivity index (χ1v) is 5.67. The molecule has 0 aliphatic carbocycles. The summed E-state index contributed by atoms with van der Waals surface area (Å²) in [6, 6.07) is 2.72. The minimum Gasteiger partial charge on any atom is -0.398 e. The zero-order chi connectivity index (χ0) is 11.7. The highest BCUT2D eigenvalue weighted by atomic mass is 35.5. The normalized spacial score (nSPS) is 10.7. The molecule has 0 amide bonds. The van der Waals surface area contributed by atoms with E-state index in [0.717, 1.165) is 5.16 Å². The smallest absolute Gasteiger partial charge is 0.172 e. The summed E-state index contributed by atoms with van der Waals surface area (Å²) in [7, 11) is 1.86. The van der Waals surface area contributed by atoms with Crippen LogP contribution in [0.25, 0.3) is 0 Å². The second-order valence-corrected chi connectivity index (χ2v) is 4.64. The quantitative estimate of drug-likeness (QED) is 0.842. The Balaban J connectivity index is 2.35. The molecule has 0 aliphatic rings. The monoisotopic (exact) mass is 257 g/mol. The lowest BCUT2D eigenvalue weighted by atomic mass is 10.3. The fraction of sp³-hybridized carbons (Fsp3) is 0.100. The molecule has 0 saturated carbocycles. The topological polar surface area (TPSA) is 43.8 Å². The molecule has 6 heteroatoms. The molecule has 2 aromatic rings. The van der Waals surface area contributed by atoms with Crippen LogP contribution in [0.1, 0.15) is 0 Å². The first-order valence-electron chi connectivity index (χ1n) is 4.47. The number of hydrogen-bond acceptors (Lipinski definition) is 3. The van der Waals surface area contributed by atoms with Crippen LogP contribution in [0.2, 0.25) is 5.02 Å². The molecule has 0 spiro atoms. The van der Waals surface area contributed by atoms with Crippen LogP contribution in [-0.2, 0) is 7.05 Å². The largest absolute Gasteiger partial charge is 0.398 e. The number of halogens is 2. The number of anilines is 1. The summed E-state index contributed by atoms with van der Waals surface area (Å²) in [5.41, 5.74) is 6.19. The number of aryl methyl sites for hydroxylation is 1. The van der Waals surface area contributed by atoms with E-state index in [1.54, 1.807) is 6.20 Å². The van der Waals surface area contributed by atoms with Gasteiger partial charge in [-0.1, -0.05) is 11.6 Å². The van der Waals surface area contributed by atoms with Gasteiger partial charge in [-0.25, -0.2) is 9.37 Å². The van der Waals surface area contributed by atoms with E-state index in [1.165, 1.54) is 23.9 Å². The van der Waals surface area contributed by atoms with Gasteiger partial charge in [-0.05, 0) is 23.9 Å². The molecule has 84 valence electrons. The molecule has 0 unspecified atom stereocenters. The van der Waals surface area contributed by atoms with Gasteiger partial charge < -0.3 is 10.3 Å². The Morgan fingerprint density at radius 1 is 1.50 bits per heavy atom. The minimum absolute atomic E-state index is 0.0293. The second-order valence-electron chi connectivity index (χ2n) is 3.23. The lowest BCUT2D eigenvalue weighted by molar-refractivity contribution is 0.625. The summed E-state index contributed by atoms with van der Waals surface area (Å²) in [6.45, 7) is 0. The van der Waals surface area contributed by atoms with Crippen molar-refractivity contribution in [3.63, 3.8) is 0 Å². The van der Waals surface area contributed by atoms with Gasteiger partial charge in [0.1, 0.15) is 5.82 Å². The number of nitrogens with zero attached hydrogens (tertiary/aromatic N) is 2. The third-order valence-electron chi connectivity index (χ3n) is 2.03. The Morgan fingerprint density at radius 3 is 2.88 bits per heavy atom. The molecule has 0 radical (unpaired) electrons. The molecule has 1 aromatic heterocycles. The average Bonchev–Trinajstić information content (AvgIpc) is 2.61. The molecule has 1 heterocycles. The number of nitrogens with two attached hydrogens (primary N) is 1. The van der Waals surface area contributed by atoms with E-state index in [-0.39, 0.29) is 5.02 Å². The average molecular weight is 258 g/mol. The first-order chi connectivity index (χ1) is 7.58. The van der Waals surface area contributed by atoms with Gasteiger partial charge in [0.05, 0.1) is 5.02 Å². The van der Waals surface area contributed by atoms with Crippen molar-refractivity contribution >= 4 is 29.1 Å². The molecule has 2 rings (SSSR count). The molecular formula is C10H9ClFN3S. The molecule has 0 bridgehead atoms. The van der Waals surface area contributed by atoms with E-state index in [9.17, 15) is 4.39 Å². The molecule has 1 aromatic carbocycles. The zero-order valence-electron chi connectivity index (χ0n) is 8.45. The molecule has 3 nitrogen and oxygen atoms in total. The van der Waals surface area contributed by atoms with Crippen LogP contribution in [0.4, 0.5) is 10.1 Å². The maximum atomic E-state index is 13.3. The fourth-order valence-electron chi connectivity index (χ4n) is 1.18. The number of hydrogen-bond donors (Lipinski definition) is 1. The van der Waals surface area contributed by atoms with Gasteiger partial charge in [-0.2, -0.15) is 0 Å². The highest BCUT2D eigenvalue weighted by Crippen LogP contribution is 2.33. The predicted molar refractivity (Wildman–Crippen MR) is 63.2 cm³/mol. The van der Waals surface area contributed by atoms with Crippen LogP contribution < -0.4 is 5.73 Å². The summed E-state index contributed by atoms with van der Waals surface area (Å²) in [5.74, 6) is -0.479. The van der Waals surface area contributed by atoms with Crippen LogP contribution in [-0.4, -0.2) is 9.55 Å². The van der Waals surface area contributed by atoms with E-state index >= 15 is 0 Å². The van der Waals surface area contributed by atoms with Gasteiger partial charge in [0.2, 0.25) is 0 Å². The van der Waals surface area contributed by atoms with Crippen LogP contribution >= 0.6 is 23.4 Å². The van der Waals surface area contributed by atoms with Crippen molar-refractivity contribution in [2.24, 2.45) is 7.05 Å². The Bertz CT molecular complexity index is 527. The summed E-state index contributed by atoms with van der Waals surface area (Å²) >= 11 is 6.91. The standard InChI is InChI=1S/C10H9ClFN3S/c1-15-3-2-14-10(15)16-9-5-7(12)6(11)4-8(9)13/h2-5H,13H2,1H3. The van der Waals surface area contributed by atoms with Crippen molar-refractivity contribution in [1.29, 1.82) is 0 Å². The van der Waals surface area contributed by atoms with Crippen LogP contribution in [0.3, 0.4) is 0 Å². The first kappa shape index (κ1) is 11.3. The molecule has 2 N–H and O–H groups in total. The predicted octanol–water partition coefficient (Wildman–Crippen LogP) is 2.95.